The molecule has 100 valence electrons. The molecule has 0 bridgehead atoms. The lowest BCUT2D eigenvalue weighted by atomic mass is 10.2. The fraction of sp³-hybridized carbons (Fsp3) is 0.714. The normalized spacial score (nSPS) is 25.5. The van der Waals surface area contributed by atoms with Crippen LogP contribution in [-0.4, -0.2) is 43.3 Å². The van der Waals surface area contributed by atoms with Crippen molar-refractivity contribution in [3.63, 3.8) is 0 Å². The molecule has 3 nitrogen and oxygen atoms in total. The first-order valence-electron chi connectivity index (χ1n) is 6.93. The largest absolute Gasteiger partial charge is 0.374 e. The Balaban J connectivity index is 1.39. The Morgan fingerprint density at radius 3 is 3.06 bits per heavy atom. The molecule has 18 heavy (non-hydrogen) atoms. The predicted molar refractivity (Wildman–Crippen MR) is 75.1 cm³/mol. The number of hydrogen-bond donors (Lipinski definition) is 1. The lowest BCUT2D eigenvalue weighted by molar-refractivity contribution is -0.0301. The van der Waals surface area contributed by atoms with Gasteiger partial charge < -0.3 is 10.1 Å². The molecule has 1 aliphatic carbocycles. The van der Waals surface area contributed by atoms with Gasteiger partial charge in [-0.05, 0) is 31.9 Å². The van der Waals surface area contributed by atoms with E-state index in [1.807, 2.05) is 11.3 Å². The fourth-order valence-corrected chi connectivity index (χ4v) is 3.43. The summed E-state index contributed by atoms with van der Waals surface area (Å²) in [6.45, 7) is 7.25. The van der Waals surface area contributed by atoms with Crippen molar-refractivity contribution in [3.8, 4) is 0 Å². The summed E-state index contributed by atoms with van der Waals surface area (Å²) in [6.07, 6.45) is 3.17. The zero-order valence-corrected chi connectivity index (χ0v) is 11.8. The summed E-state index contributed by atoms with van der Waals surface area (Å²) in [5.41, 5.74) is 0. The third-order valence-corrected chi connectivity index (χ3v) is 4.70. The van der Waals surface area contributed by atoms with Gasteiger partial charge in [0.1, 0.15) is 0 Å². The Labute approximate surface area is 113 Å². The Morgan fingerprint density at radius 2 is 2.33 bits per heavy atom. The summed E-state index contributed by atoms with van der Waals surface area (Å²) in [6, 6.07) is 5.27. The van der Waals surface area contributed by atoms with Crippen LogP contribution in [0.15, 0.2) is 12.1 Å². The predicted octanol–water partition coefficient (Wildman–Crippen LogP) is 2.01. The maximum absolute atomic E-state index is 5.83. The highest BCUT2D eigenvalue weighted by Gasteiger charge is 2.32. The van der Waals surface area contributed by atoms with Crippen LogP contribution in [0.4, 0.5) is 0 Å². The van der Waals surface area contributed by atoms with Crippen molar-refractivity contribution in [1.29, 1.82) is 0 Å². The molecule has 0 unspecified atom stereocenters. The highest BCUT2D eigenvalue weighted by Crippen LogP contribution is 2.28. The zero-order valence-electron chi connectivity index (χ0n) is 11.0. The van der Waals surface area contributed by atoms with Gasteiger partial charge in [0, 0.05) is 42.0 Å². The molecular formula is C14H22N2OS. The molecule has 0 amide bonds. The third kappa shape index (κ3) is 3.32. The average Bonchev–Trinajstić information content (AvgIpc) is 3.14. The quantitative estimate of drug-likeness (QED) is 0.882. The molecule has 1 aromatic heterocycles. The first kappa shape index (κ1) is 12.6. The van der Waals surface area contributed by atoms with Crippen LogP contribution in [-0.2, 0) is 11.3 Å². The summed E-state index contributed by atoms with van der Waals surface area (Å²) < 4.78 is 5.83. The number of nitrogens with one attached hydrogen (secondary N) is 1. The van der Waals surface area contributed by atoms with Gasteiger partial charge in [-0.2, -0.15) is 0 Å². The average molecular weight is 266 g/mol. The van der Waals surface area contributed by atoms with E-state index in [0.29, 0.717) is 6.10 Å². The summed E-state index contributed by atoms with van der Waals surface area (Å²) in [5, 5.41) is 3.52. The van der Waals surface area contributed by atoms with Crippen LogP contribution in [0, 0.1) is 6.92 Å². The van der Waals surface area contributed by atoms with E-state index in [-0.39, 0.29) is 0 Å². The number of thiophene rings is 1. The van der Waals surface area contributed by atoms with Gasteiger partial charge in [-0.25, -0.2) is 0 Å². The second-order valence-electron chi connectivity index (χ2n) is 5.36. The van der Waals surface area contributed by atoms with Crippen LogP contribution in [0.2, 0.25) is 0 Å². The van der Waals surface area contributed by atoms with E-state index >= 15 is 0 Å². The molecule has 1 N–H and O–H groups in total. The minimum atomic E-state index is 0.375. The van der Waals surface area contributed by atoms with Crippen LogP contribution in [0.25, 0.3) is 0 Å². The SMILES string of the molecule is Cc1ccc(CNC[C@H]2CN(C3CC3)CCO2)s1. The molecule has 0 aromatic carbocycles. The van der Waals surface area contributed by atoms with E-state index in [1.165, 1.54) is 22.6 Å². The van der Waals surface area contributed by atoms with Gasteiger partial charge in [0.05, 0.1) is 12.7 Å². The minimum Gasteiger partial charge on any atom is -0.374 e. The first-order chi connectivity index (χ1) is 8.81. The van der Waals surface area contributed by atoms with Crippen LogP contribution in [0.3, 0.4) is 0 Å². The van der Waals surface area contributed by atoms with E-state index < -0.39 is 0 Å². The Kier molecular flexibility index (Phi) is 3.99. The Hall–Kier alpha value is -0.420. The van der Waals surface area contributed by atoms with Gasteiger partial charge in [-0.15, -0.1) is 11.3 Å². The number of rotatable bonds is 5. The summed E-state index contributed by atoms with van der Waals surface area (Å²) in [5.74, 6) is 0. The van der Waals surface area contributed by atoms with E-state index in [4.69, 9.17) is 4.74 Å². The molecule has 1 aliphatic heterocycles. The molecular weight excluding hydrogens is 244 g/mol. The topological polar surface area (TPSA) is 24.5 Å². The van der Waals surface area contributed by atoms with Gasteiger partial charge in [-0.3, -0.25) is 4.90 Å². The zero-order chi connectivity index (χ0) is 12.4. The monoisotopic (exact) mass is 266 g/mol. The van der Waals surface area contributed by atoms with Gasteiger partial charge in [-0.1, -0.05) is 0 Å². The molecule has 3 rings (SSSR count). The Morgan fingerprint density at radius 1 is 1.44 bits per heavy atom. The molecule has 4 heteroatoms. The number of nitrogens with zero attached hydrogens (tertiary/aromatic N) is 1. The van der Waals surface area contributed by atoms with Crippen molar-refractivity contribution < 1.29 is 4.74 Å². The molecule has 1 saturated carbocycles. The van der Waals surface area contributed by atoms with Crippen molar-refractivity contribution in [2.24, 2.45) is 0 Å². The molecule has 2 heterocycles. The van der Waals surface area contributed by atoms with Crippen molar-refractivity contribution in [1.82, 2.24) is 10.2 Å². The molecule has 1 atom stereocenters. The lowest BCUT2D eigenvalue weighted by Gasteiger charge is -2.33. The fourth-order valence-electron chi connectivity index (χ4n) is 2.57. The van der Waals surface area contributed by atoms with E-state index in [0.717, 1.165) is 38.8 Å². The molecule has 1 saturated heterocycles. The minimum absolute atomic E-state index is 0.375. The van der Waals surface area contributed by atoms with Crippen LogP contribution >= 0.6 is 11.3 Å². The van der Waals surface area contributed by atoms with E-state index in [9.17, 15) is 0 Å². The van der Waals surface area contributed by atoms with Crippen LogP contribution in [0.5, 0.6) is 0 Å². The summed E-state index contributed by atoms with van der Waals surface area (Å²) >= 11 is 1.88. The first-order valence-corrected chi connectivity index (χ1v) is 7.74. The second kappa shape index (κ2) is 5.70. The summed E-state index contributed by atoms with van der Waals surface area (Å²) in [4.78, 5) is 5.41. The third-order valence-electron chi connectivity index (χ3n) is 3.70. The van der Waals surface area contributed by atoms with Crippen LogP contribution < -0.4 is 5.32 Å². The van der Waals surface area contributed by atoms with Crippen LogP contribution in [0.1, 0.15) is 22.6 Å². The highest BCUT2D eigenvalue weighted by atomic mass is 32.1. The standard InChI is InChI=1S/C14H22N2OS/c1-11-2-5-14(18-11)9-15-8-13-10-16(6-7-17-13)12-3-4-12/h2,5,12-13,15H,3-4,6-10H2,1H3/t13-/m0/s1. The second-order valence-corrected chi connectivity index (χ2v) is 6.73. The number of ether oxygens (including phenoxy) is 1. The van der Waals surface area contributed by atoms with E-state index in [2.05, 4.69) is 29.3 Å². The highest BCUT2D eigenvalue weighted by molar-refractivity contribution is 7.11. The van der Waals surface area contributed by atoms with Gasteiger partial charge >= 0.3 is 0 Å². The van der Waals surface area contributed by atoms with Crippen molar-refractivity contribution in [2.45, 2.75) is 38.5 Å². The van der Waals surface area contributed by atoms with Crippen molar-refractivity contribution in [2.75, 3.05) is 26.2 Å². The number of hydrogen-bond acceptors (Lipinski definition) is 4. The molecule has 0 radical (unpaired) electrons. The van der Waals surface area contributed by atoms with Gasteiger partial charge in [0.2, 0.25) is 0 Å². The van der Waals surface area contributed by atoms with E-state index in [1.54, 1.807) is 0 Å². The Bertz CT molecular complexity index is 389. The van der Waals surface area contributed by atoms with Crippen molar-refractivity contribution in [3.05, 3.63) is 21.9 Å². The van der Waals surface area contributed by atoms with Gasteiger partial charge in [0.15, 0.2) is 0 Å². The number of morpholine rings is 1. The molecule has 2 aliphatic rings. The van der Waals surface area contributed by atoms with Gasteiger partial charge in [0.25, 0.3) is 0 Å². The smallest absolute Gasteiger partial charge is 0.0826 e. The van der Waals surface area contributed by atoms with Crippen molar-refractivity contribution >= 4 is 11.3 Å². The lowest BCUT2D eigenvalue weighted by Crippen LogP contribution is -2.47. The summed E-state index contributed by atoms with van der Waals surface area (Å²) in [7, 11) is 0. The number of aryl methyl sites for hydroxylation is 1. The molecule has 1 aromatic rings. The molecule has 0 spiro atoms. The maximum atomic E-state index is 5.83. The maximum Gasteiger partial charge on any atom is 0.0826 e. The molecule has 2 fully saturated rings.